The fraction of sp³-hybridized carbons (Fsp3) is 0.917. The molecule has 5 heteroatoms. The van der Waals surface area contributed by atoms with Crippen molar-refractivity contribution in [3.63, 3.8) is 0 Å². The molecule has 0 unspecified atom stereocenters. The van der Waals surface area contributed by atoms with Crippen molar-refractivity contribution in [3.8, 4) is 0 Å². The van der Waals surface area contributed by atoms with E-state index in [4.69, 9.17) is 9.84 Å². The Labute approximate surface area is 103 Å². The fourth-order valence-electron chi connectivity index (χ4n) is 1.71. The maximum Gasteiger partial charge on any atom is 0.407 e. The highest BCUT2D eigenvalue weighted by atomic mass is 16.6. The van der Waals surface area contributed by atoms with Crippen LogP contribution in [0.1, 0.15) is 40.5 Å². The Bertz CT molecular complexity index is 255. The number of nitrogens with one attached hydrogen (secondary N) is 2. The van der Waals surface area contributed by atoms with Gasteiger partial charge in [0, 0.05) is 18.6 Å². The molecule has 0 saturated heterocycles. The minimum Gasteiger partial charge on any atom is -0.444 e. The number of hydrogen-bond donors (Lipinski definition) is 3. The van der Waals surface area contributed by atoms with E-state index in [1.54, 1.807) is 6.92 Å². The molecule has 0 aromatic carbocycles. The minimum absolute atomic E-state index is 0.191. The lowest BCUT2D eigenvalue weighted by molar-refractivity contribution is 0.0461. The van der Waals surface area contributed by atoms with E-state index in [1.807, 2.05) is 20.8 Å². The average molecular weight is 244 g/mol. The lowest BCUT2D eigenvalue weighted by Gasteiger charge is -2.37. The van der Waals surface area contributed by atoms with Crippen molar-refractivity contribution in [3.05, 3.63) is 0 Å². The zero-order chi connectivity index (χ0) is 13.1. The van der Waals surface area contributed by atoms with Gasteiger partial charge >= 0.3 is 6.09 Å². The van der Waals surface area contributed by atoms with Crippen LogP contribution in [0.3, 0.4) is 0 Å². The number of aliphatic hydroxyl groups excluding tert-OH is 1. The van der Waals surface area contributed by atoms with E-state index >= 15 is 0 Å². The lowest BCUT2D eigenvalue weighted by atomic mass is 9.87. The third kappa shape index (κ3) is 5.89. The number of carbonyl (C=O) groups is 1. The Morgan fingerprint density at radius 2 is 2.00 bits per heavy atom. The number of rotatable bonds is 4. The van der Waals surface area contributed by atoms with E-state index in [0.29, 0.717) is 12.6 Å². The van der Waals surface area contributed by atoms with Crippen molar-refractivity contribution < 1.29 is 14.6 Å². The van der Waals surface area contributed by atoms with Gasteiger partial charge in [-0.3, -0.25) is 0 Å². The SMILES string of the molecule is C[C@@H](O)CNC1CC(NC(=O)OC(C)(C)C)C1. The predicted molar refractivity (Wildman–Crippen MR) is 65.9 cm³/mol. The van der Waals surface area contributed by atoms with Crippen LogP contribution in [0, 0.1) is 0 Å². The first-order valence-corrected chi connectivity index (χ1v) is 6.17. The van der Waals surface area contributed by atoms with Gasteiger partial charge in [0.1, 0.15) is 5.60 Å². The molecule has 0 bridgehead atoms. The van der Waals surface area contributed by atoms with Gasteiger partial charge in [0.25, 0.3) is 0 Å². The van der Waals surface area contributed by atoms with Crippen LogP contribution in [0.4, 0.5) is 4.79 Å². The Kier molecular flexibility index (Phi) is 4.77. The number of alkyl carbamates (subject to hydrolysis) is 1. The molecule has 1 fully saturated rings. The molecular weight excluding hydrogens is 220 g/mol. The molecule has 1 amide bonds. The maximum atomic E-state index is 11.4. The van der Waals surface area contributed by atoms with Crippen LogP contribution in [-0.2, 0) is 4.74 Å². The van der Waals surface area contributed by atoms with Crippen LogP contribution in [0.5, 0.6) is 0 Å². The molecule has 0 aromatic rings. The smallest absolute Gasteiger partial charge is 0.407 e. The molecule has 1 rings (SSSR count). The van der Waals surface area contributed by atoms with Crippen molar-refractivity contribution in [2.75, 3.05) is 6.54 Å². The van der Waals surface area contributed by atoms with Crippen LogP contribution in [0.2, 0.25) is 0 Å². The molecule has 0 spiro atoms. The molecular formula is C12H24N2O3. The van der Waals surface area contributed by atoms with Gasteiger partial charge in [0.15, 0.2) is 0 Å². The minimum atomic E-state index is -0.447. The lowest BCUT2D eigenvalue weighted by Crippen LogP contribution is -2.54. The molecule has 1 saturated carbocycles. The summed E-state index contributed by atoms with van der Waals surface area (Å²) >= 11 is 0. The molecule has 5 nitrogen and oxygen atoms in total. The predicted octanol–water partition coefficient (Wildman–Crippen LogP) is 1.01. The molecule has 3 N–H and O–H groups in total. The van der Waals surface area contributed by atoms with Gasteiger partial charge < -0.3 is 20.5 Å². The molecule has 1 aliphatic rings. The number of hydrogen-bond acceptors (Lipinski definition) is 4. The Hall–Kier alpha value is -0.810. The third-order valence-corrected chi connectivity index (χ3v) is 2.56. The van der Waals surface area contributed by atoms with Gasteiger partial charge in [0.2, 0.25) is 0 Å². The van der Waals surface area contributed by atoms with Gasteiger partial charge in [-0.2, -0.15) is 0 Å². The molecule has 1 aliphatic carbocycles. The monoisotopic (exact) mass is 244 g/mol. The van der Waals surface area contributed by atoms with Crippen molar-refractivity contribution in [1.29, 1.82) is 0 Å². The highest BCUT2D eigenvalue weighted by Crippen LogP contribution is 2.20. The van der Waals surface area contributed by atoms with E-state index < -0.39 is 5.60 Å². The summed E-state index contributed by atoms with van der Waals surface area (Å²) in [6.07, 6.45) is 1.11. The molecule has 100 valence electrons. The highest BCUT2D eigenvalue weighted by molar-refractivity contribution is 5.68. The molecule has 0 aromatic heterocycles. The fourth-order valence-corrected chi connectivity index (χ4v) is 1.71. The van der Waals surface area contributed by atoms with Crippen LogP contribution in [-0.4, -0.2) is 41.5 Å². The molecule has 0 heterocycles. The number of carbonyl (C=O) groups excluding carboxylic acids is 1. The van der Waals surface area contributed by atoms with Crippen LogP contribution < -0.4 is 10.6 Å². The van der Waals surface area contributed by atoms with Gasteiger partial charge in [-0.25, -0.2) is 4.79 Å². The second kappa shape index (κ2) is 5.69. The number of ether oxygens (including phenoxy) is 1. The van der Waals surface area contributed by atoms with Crippen molar-refractivity contribution in [1.82, 2.24) is 10.6 Å². The van der Waals surface area contributed by atoms with Gasteiger partial charge in [0.05, 0.1) is 6.10 Å². The van der Waals surface area contributed by atoms with Gasteiger partial charge in [-0.15, -0.1) is 0 Å². The van der Waals surface area contributed by atoms with Crippen LogP contribution in [0.15, 0.2) is 0 Å². The first-order valence-electron chi connectivity index (χ1n) is 6.17. The Morgan fingerprint density at radius 1 is 1.41 bits per heavy atom. The Balaban J connectivity index is 2.11. The first-order chi connectivity index (χ1) is 7.76. The Morgan fingerprint density at radius 3 is 2.47 bits per heavy atom. The largest absolute Gasteiger partial charge is 0.444 e. The summed E-state index contributed by atoms with van der Waals surface area (Å²) in [5.74, 6) is 0. The topological polar surface area (TPSA) is 70.6 Å². The number of amides is 1. The summed E-state index contributed by atoms with van der Waals surface area (Å²) in [6.45, 7) is 7.90. The summed E-state index contributed by atoms with van der Waals surface area (Å²) in [7, 11) is 0. The first kappa shape index (κ1) is 14.3. The zero-order valence-corrected chi connectivity index (χ0v) is 11.1. The normalized spacial score (nSPS) is 25.9. The summed E-state index contributed by atoms with van der Waals surface area (Å²) < 4.78 is 5.17. The highest BCUT2D eigenvalue weighted by Gasteiger charge is 2.31. The van der Waals surface area contributed by atoms with Gasteiger partial charge in [-0.1, -0.05) is 0 Å². The quantitative estimate of drug-likeness (QED) is 0.690. The number of aliphatic hydroxyl groups is 1. The summed E-state index contributed by atoms with van der Waals surface area (Å²) in [5.41, 5.74) is -0.447. The standard InChI is InChI=1S/C12H24N2O3/c1-8(15)7-13-9-5-10(6-9)14-11(16)17-12(2,3)4/h8-10,13,15H,5-7H2,1-4H3,(H,14,16)/t8-,9?,10?/m1/s1. The zero-order valence-electron chi connectivity index (χ0n) is 11.1. The van der Waals surface area contributed by atoms with Crippen LogP contribution >= 0.6 is 0 Å². The van der Waals surface area contributed by atoms with E-state index in [1.165, 1.54) is 0 Å². The third-order valence-electron chi connectivity index (χ3n) is 2.56. The molecule has 1 atom stereocenters. The van der Waals surface area contributed by atoms with E-state index in [2.05, 4.69) is 10.6 Å². The van der Waals surface area contributed by atoms with Gasteiger partial charge in [-0.05, 0) is 40.5 Å². The summed E-state index contributed by atoms with van der Waals surface area (Å²) in [4.78, 5) is 11.4. The maximum absolute atomic E-state index is 11.4. The second-order valence-corrected chi connectivity index (χ2v) is 5.77. The summed E-state index contributed by atoms with van der Waals surface area (Å²) in [5, 5.41) is 15.2. The van der Waals surface area contributed by atoms with E-state index in [9.17, 15) is 4.79 Å². The molecule has 17 heavy (non-hydrogen) atoms. The van der Waals surface area contributed by atoms with Crippen LogP contribution in [0.25, 0.3) is 0 Å². The summed E-state index contributed by atoms with van der Waals surface area (Å²) in [6, 6.07) is 0.584. The van der Waals surface area contributed by atoms with Crippen molar-refractivity contribution in [2.24, 2.45) is 0 Å². The molecule has 0 radical (unpaired) electrons. The van der Waals surface area contributed by atoms with Crippen molar-refractivity contribution in [2.45, 2.75) is 64.3 Å². The van der Waals surface area contributed by atoms with Crippen molar-refractivity contribution >= 4 is 6.09 Å². The second-order valence-electron chi connectivity index (χ2n) is 5.77. The van der Waals surface area contributed by atoms with E-state index in [0.717, 1.165) is 12.8 Å². The van der Waals surface area contributed by atoms with E-state index in [-0.39, 0.29) is 18.2 Å². The average Bonchev–Trinajstić information content (AvgIpc) is 2.04. The molecule has 0 aliphatic heterocycles.